The molecule has 1 amide bonds. The van der Waals surface area contributed by atoms with Crippen LogP contribution in [0.2, 0.25) is 5.02 Å². The number of aliphatic carboxylic acids is 1. The van der Waals surface area contributed by atoms with Gasteiger partial charge in [-0.2, -0.15) is 5.10 Å². The van der Waals surface area contributed by atoms with E-state index in [-0.39, 0.29) is 12.3 Å². The number of carboxylic acid groups (broad SMARTS) is 1. The lowest BCUT2D eigenvalue weighted by Gasteiger charge is -2.31. The van der Waals surface area contributed by atoms with E-state index in [4.69, 9.17) is 16.7 Å². The first-order chi connectivity index (χ1) is 11.8. The van der Waals surface area contributed by atoms with Crippen molar-refractivity contribution < 1.29 is 14.7 Å². The number of hydrogen-bond donors (Lipinski definition) is 2. The SMILES string of the molecule is CCC(CC)(CC(=O)O)NC(=O)c1cn(-c2ccc(Cl)cc2)nc1C. The van der Waals surface area contributed by atoms with Gasteiger partial charge in [-0.1, -0.05) is 25.4 Å². The Morgan fingerprint density at radius 3 is 2.36 bits per heavy atom. The van der Waals surface area contributed by atoms with Crippen molar-refractivity contribution in [1.29, 1.82) is 0 Å². The van der Waals surface area contributed by atoms with E-state index in [9.17, 15) is 9.59 Å². The number of halogens is 1. The van der Waals surface area contributed by atoms with E-state index in [0.717, 1.165) is 5.69 Å². The number of hydrogen-bond acceptors (Lipinski definition) is 3. The number of carboxylic acids is 1. The fraction of sp³-hybridized carbons (Fsp3) is 0.389. The number of amides is 1. The van der Waals surface area contributed by atoms with Crippen molar-refractivity contribution >= 4 is 23.5 Å². The van der Waals surface area contributed by atoms with E-state index in [1.807, 2.05) is 26.0 Å². The van der Waals surface area contributed by atoms with Gasteiger partial charge in [0.05, 0.1) is 28.9 Å². The quantitative estimate of drug-likeness (QED) is 0.787. The van der Waals surface area contributed by atoms with Crippen LogP contribution in [-0.2, 0) is 4.79 Å². The van der Waals surface area contributed by atoms with Crippen molar-refractivity contribution in [3.63, 3.8) is 0 Å². The first kappa shape index (κ1) is 19.0. The molecule has 0 atom stereocenters. The molecule has 0 fully saturated rings. The number of aryl methyl sites for hydroxylation is 1. The minimum absolute atomic E-state index is 0.115. The van der Waals surface area contributed by atoms with Gasteiger partial charge < -0.3 is 10.4 Å². The molecule has 0 unspecified atom stereocenters. The van der Waals surface area contributed by atoms with Crippen LogP contribution in [0, 0.1) is 6.92 Å². The van der Waals surface area contributed by atoms with Crippen molar-refractivity contribution in [1.82, 2.24) is 15.1 Å². The molecule has 25 heavy (non-hydrogen) atoms. The molecule has 0 radical (unpaired) electrons. The second kappa shape index (κ2) is 7.70. The van der Waals surface area contributed by atoms with E-state index in [1.165, 1.54) is 0 Å². The van der Waals surface area contributed by atoms with Crippen molar-refractivity contribution in [3.8, 4) is 5.69 Å². The number of carbonyl (C=O) groups is 2. The van der Waals surface area contributed by atoms with Crippen LogP contribution in [0.25, 0.3) is 5.69 Å². The average Bonchev–Trinajstić information content (AvgIpc) is 2.96. The molecule has 0 aliphatic heterocycles. The molecule has 134 valence electrons. The summed E-state index contributed by atoms with van der Waals surface area (Å²) in [5.41, 5.74) is 1.02. The molecule has 0 saturated carbocycles. The fourth-order valence-electron chi connectivity index (χ4n) is 2.73. The molecule has 7 heteroatoms. The van der Waals surface area contributed by atoms with Crippen LogP contribution in [0.5, 0.6) is 0 Å². The number of nitrogens with zero attached hydrogens (tertiary/aromatic N) is 2. The van der Waals surface area contributed by atoms with Crippen LogP contribution in [0.4, 0.5) is 0 Å². The molecule has 0 aliphatic carbocycles. The summed E-state index contributed by atoms with van der Waals surface area (Å²) in [6.07, 6.45) is 2.60. The second-order valence-corrected chi connectivity index (χ2v) is 6.50. The third-order valence-corrected chi connectivity index (χ3v) is 4.71. The summed E-state index contributed by atoms with van der Waals surface area (Å²) in [5, 5.41) is 17.0. The number of carbonyl (C=O) groups excluding carboxylic acids is 1. The Hall–Kier alpha value is -2.34. The Balaban J connectivity index is 2.27. The standard InChI is InChI=1S/C18H22ClN3O3/c1-4-18(5-2,10-16(23)24)20-17(25)15-11-22(21-12(15)3)14-8-6-13(19)7-9-14/h6-9,11H,4-5,10H2,1-3H3,(H,20,25)(H,23,24). The van der Waals surface area contributed by atoms with Crippen molar-refractivity contribution in [2.75, 3.05) is 0 Å². The van der Waals surface area contributed by atoms with Crippen molar-refractivity contribution in [3.05, 3.63) is 46.7 Å². The lowest BCUT2D eigenvalue weighted by atomic mass is 9.88. The maximum Gasteiger partial charge on any atom is 0.305 e. The van der Waals surface area contributed by atoms with Gasteiger partial charge in [-0.25, -0.2) is 4.68 Å². The van der Waals surface area contributed by atoms with E-state index in [0.29, 0.717) is 29.1 Å². The second-order valence-electron chi connectivity index (χ2n) is 6.06. The highest BCUT2D eigenvalue weighted by Crippen LogP contribution is 2.22. The number of nitrogens with one attached hydrogen (secondary N) is 1. The summed E-state index contributed by atoms with van der Waals surface area (Å²) < 4.78 is 1.61. The summed E-state index contributed by atoms with van der Waals surface area (Å²) >= 11 is 5.89. The maximum absolute atomic E-state index is 12.7. The van der Waals surface area contributed by atoms with Gasteiger partial charge >= 0.3 is 5.97 Å². The zero-order chi connectivity index (χ0) is 18.6. The summed E-state index contributed by atoms with van der Waals surface area (Å²) in [4.78, 5) is 23.9. The largest absolute Gasteiger partial charge is 0.481 e. The van der Waals surface area contributed by atoms with Gasteiger partial charge in [0, 0.05) is 11.2 Å². The van der Waals surface area contributed by atoms with Crippen molar-refractivity contribution in [2.45, 2.75) is 45.6 Å². The molecule has 0 saturated heterocycles. The lowest BCUT2D eigenvalue weighted by molar-refractivity contribution is -0.138. The van der Waals surface area contributed by atoms with E-state index in [1.54, 1.807) is 29.9 Å². The van der Waals surface area contributed by atoms with Crippen LogP contribution in [0.15, 0.2) is 30.5 Å². The number of benzene rings is 1. The molecule has 0 bridgehead atoms. The van der Waals surface area contributed by atoms with Gasteiger partial charge in [0.2, 0.25) is 0 Å². The highest BCUT2D eigenvalue weighted by atomic mass is 35.5. The summed E-state index contributed by atoms with van der Waals surface area (Å²) in [7, 11) is 0. The first-order valence-electron chi connectivity index (χ1n) is 8.16. The molecule has 6 nitrogen and oxygen atoms in total. The highest BCUT2D eigenvalue weighted by molar-refractivity contribution is 6.30. The molecular weight excluding hydrogens is 342 g/mol. The van der Waals surface area contributed by atoms with E-state index < -0.39 is 11.5 Å². The fourth-order valence-corrected chi connectivity index (χ4v) is 2.85. The summed E-state index contributed by atoms with van der Waals surface area (Å²) in [6, 6.07) is 7.12. The monoisotopic (exact) mass is 363 g/mol. The topological polar surface area (TPSA) is 84.2 Å². The first-order valence-corrected chi connectivity index (χ1v) is 8.54. The van der Waals surface area contributed by atoms with Gasteiger partial charge in [-0.05, 0) is 44.0 Å². The third kappa shape index (κ3) is 4.39. The Kier molecular flexibility index (Phi) is 5.85. The Morgan fingerprint density at radius 1 is 1.24 bits per heavy atom. The maximum atomic E-state index is 12.7. The molecule has 1 aromatic carbocycles. The summed E-state index contributed by atoms with van der Waals surface area (Å²) in [6.45, 7) is 5.49. The van der Waals surface area contributed by atoms with Gasteiger partial charge in [0.25, 0.3) is 5.91 Å². The van der Waals surface area contributed by atoms with E-state index in [2.05, 4.69) is 10.4 Å². The zero-order valence-corrected chi connectivity index (χ0v) is 15.3. The minimum atomic E-state index is -0.933. The van der Waals surface area contributed by atoms with Crippen LogP contribution in [0.1, 0.15) is 49.2 Å². The Morgan fingerprint density at radius 2 is 1.84 bits per heavy atom. The number of rotatable bonds is 7. The molecule has 2 N–H and O–H groups in total. The third-order valence-electron chi connectivity index (χ3n) is 4.46. The van der Waals surface area contributed by atoms with E-state index >= 15 is 0 Å². The minimum Gasteiger partial charge on any atom is -0.481 e. The van der Waals surface area contributed by atoms with Gasteiger partial charge in [0.15, 0.2) is 0 Å². The molecule has 2 aromatic rings. The number of aromatic nitrogens is 2. The van der Waals surface area contributed by atoms with Crippen LogP contribution < -0.4 is 5.32 Å². The van der Waals surface area contributed by atoms with Crippen LogP contribution >= 0.6 is 11.6 Å². The highest BCUT2D eigenvalue weighted by Gasteiger charge is 2.32. The molecule has 0 aliphatic rings. The van der Waals surface area contributed by atoms with Crippen LogP contribution in [-0.4, -0.2) is 32.3 Å². The molecule has 1 heterocycles. The Labute approximate surface area is 151 Å². The van der Waals surface area contributed by atoms with Gasteiger partial charge in [-0.15, -0.1) is 0 Å². The van der Waals surface area contributed by atoms with Crippen LogP contribution in [0.3, 0.4) is 0 Å². The molecule has 0 spiro atoms. The zero-order valence-electron chi connectivity index (χ0n) is 14.5. The molecule has 1 aromatic heterocycles. The molecular formula is C18H22ClN3O3. The predicted octanol–water partition coefficient (Wildman–Crippen LogP) is 3.60. The normalized spacial score (nSPS) is 11.4. The molecule has 2 rings (SSSR count). The smallest absolute Gasteiger partial charge is 0.305 e. The average molecular weight is 364 g/mol. The lowest BCUT2D eigenvalue weighted by Crippen LogP contribution is -2.49. The van der Waals surface area contributed by atoms with Crippen molar-refractivity contribution in [2.24, 2.45) is 0 Å². The van der Waals surface area contributed by atoms with Gasteiger partial charge in [-0.3, -0.25) is 9.59 Å². The summed E-state index contributed by atoms with van der Waals surface area (Å²) in [5.74, 6) is -1.25. The predicted molar refractivity (Wildman–Crippen MR) is 96.3 cm³/mol. The Bertz CT molecular complexity index is 764. The van der Waals surface area contributed by atoms with Gasteiger partial charge in [0.1, 0.15) is 0 Å².